The van der Waals surface area contributed by atoms with Gasteiger partial charge < -0.3 is 10.1 Å². The number of amides is 2. The molecule has 7 heteroatoms. The van der Waals surface area contributed by atoms with Crippen LogP contribution in [0.15, 0.2) is 89.9 Å². The number of para-hydroxylation sites is 1. The van der Waals surface area contributed by atoms with E-state index in [4.69, 9.17) is 9.73 Å². The van der Waals surface area contributed by atoms with E-state index in [-0.39, 0.29) is 18.2 Å². The van der Waals surface area contributed by atoms with Gasteiger partial charge in [-0.3, -0.25) is 14.5 Å². The molecule has 1 fully saturated rings. The second-order valence-electron chi connectivity index (χ2n) is 7.90. The van der Waals surface area contributed by atoms with Crippen LogP contribution < -0.4 is 10.1 Å². The van der Waals surface area contributed by atoms with Gasteiger partial charge in [-0.2, -0.15) is 0 Å². The number of thioether (sulfide) groups is 1. The lowest BCUT2D eigenvalue weighted by atomic mass is 10.1. The summed E-state index contributed by atoms with van der Waals surface area (Å²) < 4.78 is 5.23. The Bertz CT molecular complexity index is 1150. The van der Waals surface area contributed by atoms with Gasteiger partial charge in [0, 0.05) is 24.7 Å². The smallest absolute Gasteiger partial charge is 0.238 e. The summed E-state index contributed by atoms with van der Waals surface area (Å²) in [7, 11) is 1.58. The summed E-state index contributed by atoms with van der Waals surface area (Å²) in [6.45, 7) is 0.552. The van der Waals surface area contributed by atoms with Crippen LogP contribution in [0.4, 0.5) is 11.4 Å². The Morgan fingerprint density at radius 2 is 1.79 bits per heavy atom. The number of methoxy groups -OCH3 is 1. The first-order chi connectivity index (χ1) is 16.6. The van der Waals surface area contributed by atoms with E-state index in [1.807, 2.05) is 60.7 Å². The van der Waals surface area contributed by atoms with Crippen LogP contribution in [0, 0.1) is 0 Å². The maximum absolute atomic E-state index is 13.1. The minimum atomic E-state index is -0.563. The zero-order chi connectivity index (χ0) is 23.8. The third kappa shape index (κ3) is 6.26. The third-order valence-electron chi connectivity index (χ3n) is 5.44. The Morgan fingerprint density at radius 1 is 1.06 bits per heavy atom. The molecule has 3 aromatic rings. The Labute approximate surface area is 204 Å². The molecule has 0 aliphatic carbocycles. The average molecular weight is 474 g/mol. The van der Waals surface area contributed by atoms with Gasteiger partial charge in [0.15, 0.2) is 5.17 Å². The highest BCUT2D eigenvalue weighted by Gasteiger charge is 2.35. The molecule has 34 heavy (non-hydrogen) atoms. The molecule has 0 radical (unpaired) electrons. The number of amidine groups is 1. The van der Waals surface area contributed by atoms with Crippen LogP contribution in [0.3, 0.4) is 0 Å². The van der Waals surface area contributed by atoms with Gasteiger partial charge in [0.2, 0.25) is 11.8 Å². The molecule has 0 aromatic heterocycles. The first-order valence-corrected chi connectivity index (χ1v) is 12.1. The van der Waals surface area contributed by atoms with Crippen LogP contribution in [-0.4, -0.2) is 40.8 Å². The van der Waals surface area contributed by atoms with E-state index in [0.717, 1.165) is 18.5 Å². The van der Waals surface area contributed by atoms with Crippen molar-refractivity contribution in [3.8, 4) is 5.75 Å². The van der Waals surface area contributed by atoms with E-state index >= 15 is 0 Å². The fourth-order valence-corrected chi connectivity index (χ4v) is 4.81. The van der Waals surface area contributed by atoms with Crippen molar-refractivity contribution in [2.24, 2.45) is 4.99 Å². The van der Waals surface area contributed by atoms with Gasteiger partial charge in [-0.05, 0) is 42.7 Å². The number of aryl methyl sites for hydroxylation is 1. The number of rotatable bonds is 8. The summed E-state index contributed by atoms with van der Waals surface area (Å²) in [4.78, 5) is 32.6. The predicted molar refractivity (Wildman–Crippen MR) is 138 cm³/mol. The number of carbonyl (C=O) groups excluding carboxylic acids is 2. The van der Waals surface area contributed by atoms with Crippen molar-refractivity contribution >= 4 is 40.1 Å². The summed E-state index contributed by atoms with van der Waals surface area (Å²) in [5.74, 6) is 0.338. The van der Waals surface area contributed by atoms with E-state index in [9.17, 15) is 9.59 Å². The van der Waals surface area contributed by atoms with Crippen molar-refractivity contribution < 1.29 is 14.3 Å². The molecule has 1 heterocycles. The minimum absolute atomic E-state index is 0.0905. The molecule has 3 aromatic carbocycles. The van der Waals surface area contributed by atoms with Crippen molar-refractivity contribution in [1.29, 1.82) is 0 Å². The number of benzene rings is 3. The van der Waals surface area contributed by atoms with Crippen molar-refractivity contribution in [3.63, 3.8) is 0 Å². The monoisotopic (exact) mass is 473 g/mol. The van der Waals surface area contributed by atoms with Crippen LogP contribution in [-0.2, 0) is 16.0 Å². The molecule has 0 unspecified atom stereocenters. The molecule has 1 aliphatic heterocycles. The molecule has 6 nitrogen and oxygen atoms in total. The van der Waals surface area contributed by atoms with Gasteiger partial charge in [-0.15, -0.1) is 0 Å². The first-order valence-electron chi connectivity index (χ1n) is 11.2. The van der Waals surface area contributed by atoms with Crippen LogP contribution >= 0.6 is 11.8 Å². The van der Waals surface area contributed by atoms with E-state index in [0.29, 0.717) is 23.1 Å². The number of hydrogen-bond acceptors (Lipinski definition) is 5. The maximum Gasteiger partial charge on any atom is 0.238 e. The minimum Gasteiger partial charge on any atom is -0.497 e. The Hall–Kier alpha value is -3.58. The molecule has 1 aliphatic rings. The standard InChI is InChI=1S/C27H27N3O3S/c1-33-23-16-8-15-22(18-23)28-26(32)24-19-25(31)30(17-9-12-20-10-4-2-5-11-20)27(34-24)29-21-13-6-3-7-14-21/h2-8,10-11,13-16,18,24H,9,12,17,19H2,1H3,(H,28,32)/t24-/m0/s1. The largest absolute Gasteiger partial charge is 0.497 e. The second kappa shape index (κ2) is 11.5. The average Bonchev–Trinajstić information content (AvgIpc) is 2.87. The van der Waals surface area contributed by atoms with E-state index in [1.165, 1.54) is 17.3 Å². The number of nitrogens with one attached hydrogen (secondary N) is 1. The Balaban J connectivity index is 1.49. The molecule has 1 saturated heterocycles. The first kappa shape index (κ1) is 23.6. The molecular weight excluding hydrogens is 446 g/mol. The van der Waals surface area contributed by atoms with E-state index in [1.54, 1.807) is 24.1 Å². The summed E-state index contributed by atoms with van der Waals surface area (Å²) in [6, 6.07) is 26.9. The molecule has 174 valence electrons. The van der Waals surface area contributed by atoms with Crippen molar-refractivity contribution in [3.05, 3.63) is 90.5 Å². The van der Waals surface area contributed by atoms with Gasteiger partial charge in [-0.1, -0.05) is 66.4 Å². The summed E-state index contributed by atoms with van der Waals surface area (Å²) in [6.07, 6.45) is 1.80. The highest BCUT2D eigenvalue weighted by atomic mass is 32.2. The fourth-order valence-electron chi connectivity index (χ4n) is 3.68. The molecule has 0 spiro atoms. The number of aliphatic imine (C=N–C) groups is 1. The van der Waals surface area contributed by atoms with Gasteiger partial charge in [0.25, 0.3) is 0 Å². The third-order valence-corrected chi connectivity index (χ3v) is 6.63. The molecule has 1 N–H and O–H groups in total. The highest BCUT2D eigenvalue weighted by molar-refractivity contribution is 8.15. The lowest BCUT2D eigenvalue weighted by Gasteiger charge is -2.32. The number of carbonyl (C=O) groups is 2. The summed E-state index contributed by atoms with van der Waals surface area (Å²) in [5.41, 5.74) is 2.61. The van der Waals surface area contributed by atoms with Gasteiger partial charge in [-0.25, -0.2) is 4.99 Å². The molecule has 4 rings (SSSR count). The quantitative estimate of drug-likeness (QED) is 0.483. The number of hydrogen-bond donors (Lipinski definition) is 1. The predicted octanol–water partition coefficient (Wildman–Crippen LogP) is 5.29. The van der Waals surface area contributed by atoms with Crippen molar-refractivity contribution in [1.82, 2.24) is 4.90 Å². The number of nitrogens with zero attached hydrogens (tertiary/aromatic N) is 2. The van der Waals surface area contributed by atoms with Crippen LogP contribution in [0.25, 0.3) is 0 Å². The summed E-state index contributed by atoms with van der Waals surface area (Å²) >= 11 is 1.33. The second-order valence-corrected chi connectivity index (χ2v) is 9.07. The SMILES string of the molecule is COc1cccc(NC(=O)[C@@H]2CC(=O)N(CCCc3ccccc3)C(=Nc3ccccc3)S2)c1. The molecule has 2 amide bonds. The van der Waals surface area contributed by atoms with Crippen LogP contribution in [0.5, 0.6) is 5.75 Å². The van der Waals surface area contributed by atoms with Gasteiger partial charge in [0.1, 0.15) is 11.0 Å². The van der Waals surface area contributed by atoms with E-state index < -0.39 is 5.25 Å². The zero-order valence-electron chi connectivity index (χ0n) is 19.0. The number of ether oxygens (including phenoxy) is 1. The van der Waals surface area contributed by atoms with Gasteiger partial charge in [0.05, 0.1) is 12.8 Å². The molecule has 1 atom stereocenters. The molecule has 0 bridgehead atoms. The van der Waals surface area contributed by atoms with Crippen LogP contribution in [0.2, 0.25) is 0 Å². The van der Waals surface area contributed by atoms with Crippen molar-refractivity contribution in [2.75, 3.05) is 19.0 Å². The van der Waals surface area contributed by atoms with Gasteiger partial charge >= 0.3 is 0 Å². The Morgan fingerprint density at radius 3 is 2.53 bits per heavy atom. The normalized spacial score (nSPS) is 17.0. The summed E-state index contributed by atoms with van der Waals surface area (Å²) in [5, 5.41) is 2.90. The van der Waals surface area contributed by atoms with Crippen molar-refractivity contribution in [2.45, 2.75) is 24.5 Å². The fraction of sp³-hybridized carbons (Fsp3) is 0.222. The zero-order valence-corrected chi connectivity index (χ0v) is 19.8. The lowest BCUT2D eigenvalue weighted by molar-refractivity contribution is -0.129. The lowest BCUT2D eigenvalue weighted by Crippen LogP contribution is -2.45. The number of anilines is 1. The molecular formula is C27H27N3O3S. The topological polar surface area (TPSA) is 71.0 Å². The van der Waals surface area contributed by atoms with Crippen LogP contribution in [0.1, 0.15) is 18.4 Å². The highest BCUT2D eigenvalue weighted by Crippen LogP contribution is 2.30. The Kier molecular flexibility index (Phi) is 7.99. The van der Waals surface area contributed by atoms with E-state index in [2.05, 4.69) is 17.4 Å². The maximum atomic E-state index is 13.1. The molecule has 0 saturated carbocycles.